The first-order valence-electron chi connectivity index (χ1n) is 6.53. The molecule has 6 heteroatoms. The Kier molecular flexibility index (Phi) is 4.95. The number of fused-ring (bicyclic) bond motifs is 1. The van der Waals surface area contributed by atoms with Gasteiger partial charge in [-0.25, -0.2) is 13.6 Å². The molecule has 0 unspecified atom stereocenters. The zero-order valence-corrected chi connectivity index (χ0v) is 14.1. The number of sulfonamides is 1. The second kappa shape index (κ2) is 6.56. The molecule has 0 fully saturated rings. The maximum absolute atomic E-state index is 11.2. The molecule has 0 atom stereocenters. The van der Waals surface area contributed by atoms with E-state index in [4.69, 9.17) is 5.14 Å². The van der Waals surface area contributed by atoms with Crippen molar-refractivity contribution in [3.05, 3.63) is 72.4 Å². The highest BCUT2D eigenvalue weighted by atomic mass is 79.9. The second-order valence-corrected chi connectivity index (χ2v) is 6.45. The van der Waals surface area contributed by atoms with E-state index in [1.165, 1.54) is 17.5 Å². The van der Waals surface area contributed by atoms with Gasteiger partial charge in [0.15, 0.2) is 12.7 Å². The molecule has 0 saturated heterocycles. The standard InChI is InChI=1S/C16H15N2O2S.BrH/c17-21(19,20)15-9-7-13(8-10-15)12-18-11-3-5-14-4-1-2-6-16(14)18;/h1-11H,12H2,(H2,17,19,20);1H/q+1;/p-1. The van der Waals surface area contributed by atoms with Gasteiger partial charge < -0.3 is 17.0 Å². The third kappa shape index (κ3) is 3.52. The van der Waals surface area contributed by atoms with Gasteiger partial charge in [-0.1, -0.05) is 24.3 Å². The van der Waals surface area contributed by atoms with Crippen molar-refractivity contribution in [2.45, 2.75) is 11.4 Å². The van der Waals surface area contributed by atoms with Crippen LogP contribution in [0.25, 0.3) is 10.9 Å². The van der Waals surface area contributed by atoms with Crippen LogP contribution in [0.15, 0.2) is 71.8 Å². The Morgan fingerprint density at radius 1 is 0.909 bits per heavy atom. The van der Waals surface area contributed by atoms with Crippen LogP contribution in [0, 0.1) is 0 Å². The predicted octanol–water partition coefficient (Wildman–Crippen LogP) is -1.17. The number of benzene rings is 2. The summed E-state index contributed by atoms with van der Waals surface area (Å²) in [4.78, 5) is 0.133. The first kappa shape index (κ1) is 16.6. The summed E-state index contributed by atoms with van der Waals surface area (Å²) in [5.74, 6) is 0. The van der Waals surface area contributed by atoms with Crippen LogP contribution >= 0.6 is 0 Å². The summed E-state index contributed by atoms with van der Waals surface area (Å²) in [6.07, 6.45) is 2.01. The predicted molar refractivity (Wildman–Crippen MR) is 81.1 cm³/mol. The van der Waals surface area contributed by atoms with Gasteiger partial charge in [-0.05, 0) is 24.3 Å². The molecule has 0 radical (unpaired) electrons. The van der Waals surface area contributed by atoms with Crippen molar-refractivity contribution in [1.29, 1.82) is 0 Å². The van der Waals surface area contributed by atoms with E-state index in [2.05, 4.69) is 22.8 Å². The maximum Gasteiger partial charge on any atom is 0.238 e. The number of hydrogen-bond acceptors (Lipinski definition) is 2. The molecule has 0 aliphatic heterocycles. The van der Waals surface area contributed by atoms with Gasteiger partial charge in [0.2, 0.25) is 15.5 Å². The number of para-hydroxylation sites is 1. The van der Waals surface area contributed by atoms with Gasteiger partial charge >= 0.3 is 0 Å². The van der Waals surface area contributed by atoms with Crippen molar-refractivity contribution in [2.75, 3.05) is 0 Å². The molecule has 0 aliphatic rings. The molecule has 114 valence electrons. The molecule has 3 aromatic rings. The van der Waals surface area contributed by atoms with Gasteiger partial charge in [0.05, 0.1) is 4.90 Å². The molecule has 1 aromatic heterocycles. The normalized spacial score (nSPS) is 11.1. The number of hydrogen-bond donors (Lipinski definition) is 1. The van der Waals surface area contributed by atoms with Crippen LogP contribution in [0.3, 0.4) is 0 Å². The average molecular weight is 379 g/mol. The fourth-order valence-corrected chi connectivity index (χ4v) is 2.86. The Bertz CT molecular complexity index is 888. The lowest BCUT2D eigenvalue weighted by atomic mass is 10.2. The molecule has 0 spiro atoms. The van der Waals surface area contributed by atoms with Crippen LogP contribution in [0.1, 0.15) is 5.56 Å². The third-order valence-corrected chi connectivity index (χ3v) is 4.32. The summed E-state index contributed by atoms with van der Waals surface area (Å²) in [6, 6.07) is 18.9. The van der Waals surface area contributed by atoms with Crippen molar-refractivity contribution in [3.8, 4) is 0 Å². The molecular weight excluding hydrogens is 364 g/mol. The number of primary sulfonamides is 1. The first-order valence-corrected chi connectivity index (χ1v) is 8.08. The Morgan fingerprint density at radius 2 is 1.55 bits per heavy atom. The van der Waals surface area contributed by atoms with Crippen molar-refractivity contribution in [1.82, 2.24) is 0 Å². The lowest BCUT2D eigenvalue weighted by Crippen LogP contribution is -3.00. The summed E-state index contributed by atoms with van der Waals surface area (Å²) in [6.45, 7) is 0.673. The minimum absolute atomic E-state index is 0. The largest absolute Gasteiger partial charge is 1.00 e. The molecule has 2 aromatic carbocycles. The summed E-state index contributed by atoms with van der Waals surface area (Å²) in [7, 11) is -3.63. The number of nitrogens with two attached hydrogens (primary N) is 1. The fraction of sp³-hybridized carbons (Fsp3) is 0.0625. The van der Waals surface area contributed by atoms with Crippen LogP contribution in [-0.2, 0) is 16.6 Å². The van der Waals surface area contributed by atoms with Gasteiger partial charge in [-0.3, -0.25) is 0 Å². The van der Waals surface area contributed by atoms with Crippen LogP contribution in [0.4, 0.5) is 0 Å². The van der Waals surface area contributed by atoms with E-state index < -0.39 is 10.0 Å². The quantitative estimate of drug-likeness (QED) is 0.583. The molecule has 4 nitrogen and oxygen atoms in total. The smallest absolute Gasteiger partial charge is 0.238 e. The number of nitrogens with zero attached hydrogens (tertiary/aromatic N) is 1. The highest BCUT2D eigenvalue weighted by molar-refractivity contribution is 7.89. The van der Waals surface area contributed by atoms with Gasteiger partial charge in [0.25, 0.3) is 0 Å². The highest BCUT2D eigenvalue weighted by Gasteiger charge is 2.10. The summed E-state index contributed by atoms with van der Waals surface area (Å²) in [5, 5.41) is 6.27. The van der Waals surface area contributed by atoms with E-state index in [1.54, 1.807) is 12.1 Å². The highest BCUT2D eigenvalue weighted by Crippen LogP contribution is 2.11. The zero-order chi connectivity index (χ0) is 14.9. The van der Waals surface area contributed by atoms with Crippen LogP contribution < -0.4 is 26.7 Å². The molecule has 0 aliphatic carbocycles. The fourth-order valence-electron chi connectivity index (χ4n) is 2.34. The van der Waals surface area contributed by atoms with E-state index in [9.17, 15) is 8.42 Å². The van der Waals surface area contributed by atoms with Crippen LogP contribution in [0.5, 0.6) is 0 Å². The first-order chi connectivity index (χ1) is 10.0. The van der Waals surface area contributed by atoms with Crippen molar-refractivity contribution >= 4 is 20.9 Å². The average Bonchev–Trinajstić information content (AvgIpc) is 2.47. The van der Waals surface area contributed by atoms with E-state index in [0.29, 0.717) is 6.54 Å². The molecule has 2 N–H and O–H groups in total. The number of pyridine rings is 1. The molecule has 1 heterocycles. The van der Waals surface area contributed by atoms with E-state index in [-0.39, 0.29) is 21.9 Å². The van der Waals surface area contributed by atoms with E-state index >= 15 is 0 Å². The number of aromatic nitrogens is 1. The van der Waals surface area contributed by atoms with Gasteiger partial charge in [0.1, 0.15) is 0 Å². The minimum atomic E-state index is -3.63. The topological polar surface area (TPSA) is 64.0 Å². The minimum Gasteiger partial charge on any atom is -1.00 e. The Balaban J connectivity index is 0.00000176. The van der Waals surface area contributed by atoms with Crippen LogP contribution in [0.2, 0.25) is 0 Å². The SMILES string of the molecule is NS(=O)(=O)c1ccc(C[n+]2cccc3ccccc32)cc1.[Br-]. The summed E-state index contributed by atoms with van der Waals surface area (Å²) < 4.78 is 24.6. The summed E-state index contributed by atoms with van der Waals surface area (Å²) >= 11 is 0. The zero-order valence-electron chi connectivity index (χ0n) is 11.7. The molecular formula is C16H15BrN2O2S. The third-order valence-electron chi connectivity index (χ3n) is 3.39. The van der Waals surface area contributed by atoms with Crippen molar-refractivity contribution in [3.63, 3.8) is 0 Å². The second-order valence-electron chi connectivity index (χ2n) is 4.88. The molecule has 0 saturated carbocycles. The van der Waals surface area contributed by atoms with Gasteiger partial charge in [-0.2, -0.15) is 4.57 Å². The number of rotatable bonds is 3. The molecule has 0 bridgehead atoms. The van der Waals surface area contributed by atoms with E-state index in [0.717, 1.165) is 11.1 Å². The van der Waals surface area contributed by atoms with Crippen LogP contribution in [-0.4, -0.2) is 8.42 Å². The van der Waals surface area contributed by atoms with Gasteiger partial charge in [0, 0.05) is 23.1 Å². The molecule has 3 rings (SSSR count). The molecule has 0 amide bonds. The Hall–Kier alpha value is -1.76. The molecule has 22 heavy (non-hydrogen) atoms. The van der Waals surface area contributed by atoms with E-state index in [1.807, 2.05) is 24.4 Å². The van der Waals surface area contributed by atoms with Crippen molar-refractivity contribution in [2.24, 2.45) is 5.14 Å². The number of halogens is 1. The maximum atomic E-state index is 11.2. The van der Waals surface area contributed by atoms with Gasteiger partial charge in [-0.15, -0.1) is 0 Å². The summed E-state index contributed by atoms with van der Waals surface area (Å²) in [5.41, 5.74) is 2.15. The Morgan fingerprint density at radius 3 is 2.23 bits per heavy atom. The lowest BCUT2D eigenvalue weighted by Gasteiger charge is -2.03. The Labute approximate surface area is 140 Å². The van der Waals surface area contributed by atoms with Crippen molar-refractivity contribution < 1.29 is 30.0 Å². The lowest BCUT2D eigenvalue weighted by molar-refractivity contribution is -0.662. The monoisotopic (exact) mass is 378 g/mol.